The van der Waals surface area contributed by atoms with Crippen LogP contribution in [0.1, 0.15) is 23.2 Å². The zero-order valence-electron chi connectivity index (χ0n) is 9.97. The number of hydrogen-bond acceptors (Lipinski definition) is 5. The number of amides is 2. The molecule has 0 bridgehead atoms. The fraction of sp³-hybridized carbons (Fsp3) is 0.300. The van der Waals surface area contributed by atoms with Crippen molar-refractivity contribution in [1.82, 2.24) is 10.9 Å². The highest BCUT2D eigenvalue weighted by atomic mass is 32.2. The number of hydrogen-bond donors (Lipinski definition) is 3. The zero-order valence-corrected chi connectivity index (χ0v) is 10.8. The van der Waals surface area contributed by atoms with E-state index in [-0.39, 0.29) is 23.0 Å². The monoisotopic (exact) mass is 288 g/mol. The van der Waals surface area contributed by atoms with Gasteiger partial charge in [0.05, 0.1) is 5.75 Å². The van der Waals surface area contributed by atoms with Gasteiger partial charge in [0, 0.05) is 17.7 Å². The molecule has 104 valence electrons. The average molecular weight is 288 g/mol. The zero-order chi connectivity index (χ0) is 14.4. The van der Waals surface area contributed by atoms with E-state index < -0.39 is 28.6 Å². The molecular weight excluding hydrogens is 276 g/mol. The molecule has 0 saturated carbocycles. The van der Waals surface area contributed by atoms with E-state index in [1.165, 1.54) is 19.1 Å². The van der Waals surface area contributed by atoms with E-state index in [4.69, 9.17) is 9.52 Å². The summed E-state index contributed by atoms with van der Waals surface area (Å²) in [4.78, 5) is 32.3. The molecule has 0 aromatic carbocycles. The Morgan fingerprint density at radius 3 is 2.53 bits per heavy atom. The van der Waals surface area contributed by atoms with E-state index in [9.17, 15) is 18.6 Å². The van der Waals surface area contributed by atoms with Crippen LogP contribution in [0.5, 0.6) is 0 Å². The molecule has 2 amide bonds. The Labute approximate surface area is 110 Å². The summed E-state index contributed by atoms with van der Waals surface area (Å²) in [6, 6.07) is 2.62. The van der Waals surface area contributed by atoms with Crippen molar-refractivity contribution in [2.45, 2.75) is 12.7 Å². The van der Waals surface area contributed by atoms with Crippen LogP contribution in [0.3, 0.4) is 0 Å². The fourth-order valence-corrected chi connectivity index (χ4v) is 2.06. The molecule has 0 spiro atoms. The van der Waals surface area contributed by atoms with Gasteiger partial charge >= 0.3 is 5.97 Å². The van der Waals surface area contributed by atoms with Gasteiger partial charge in [0.2, 0.25) is 11.7 Å². The molecule has 3 N–H and O–H groups in total. The molecule has 1 unspecified atom stereocenters. The summed E-state index contributed by atoms with van der Waals surface area (Å²) in [7, 11) is -1.57. The van der Waals surface area contributed by atoms with Gasteiger partial charge in [0.15, 0.2) is 0 Å². The molecule has 0 aliphatic heterocycles. The molecule has 0 aliphatic rings. The van der Waals surface area contributed by atoms with E-state index in [2.05, 4.69) is 10.9 Å². The SMILES string of the molecule is CC(=O)NNC(=O)CS(=O)Cc1ccc(C(=O)O)o1. The number of nitrogens with one attached hydrogen (secondary N) is 2. The van der Waals surface area contributed by atoms with Gasteiger partial charge in [-0.25, -0.2) is 4.79 Å². The highest BCUT2D eigenvalue weighted by molar-refractivity contribution is 7.84. The number of carbonyl (C=O) groups is 3. The smallest absolute Gasteiger partial charge is 0.371 e. The second-order valence-corrected chi connectivity index (χ2v) is 4.99. The summed E-state index contributed by atoms with van der Waals surface area (Å²) in [5.41, 5.74) is 4.13. The minimum absolute atomic E-state index is 0.0826. The van der Waals surface area contributed by atoms with Crippen molar-refractivity contribution in [2.75, 3.05) is 5.75 Å². The molecule has 8 nitrogen and oxygen atoms in total. The summed E-state index contributed by atoms with van der Waals surface area (Å²) in [6.07, 6.45) is 0. The van der Waals surface area contributed by atoms with E-state index >= 15 is 0 Å². The van der Waals surface area contributed by atoms with E-state index in [1.54, 1.807) is 0 Å². The Morgan fingerprint density at radius 2 is 2.00 bits per heavy atom. The molecule has 0 aliphatic carbocycles. The Bertz CT molecular complexity index is 524. The third kappa shape index (κ3) is 5.34. The fourth-order valence-electron chi connectivity index (χ4n) is 1.12. The van der Waals surface area contributed by atoms with Gasteiger partial charge in [-0.2, -0.15) is 0 Å². The van der Waals surface area contributed by atoms with E-state index in [0.29, 0.717) is 0 Å². The standard InChI is InChI=1S/C10H12N2O6S/c1-6(13)11-12-9(14)5-19(17)4-7-2-3-8(18-7)10(15)16/h2-3H,4-5H2,1H3,(H,11,13)(H,12,14)(H,15,16). The summed E-state index contributed by atoms with van der Waals surface area (Å²) < 4.78 is 16.5. The Balaban J connectivity index is 2.44. The molecule has 0 radical (unpaired) electrons. The number of rotatable bonds is 5. The molecular formula is C10H12N2O6S. The van der Waals surface area contributed by atoms with Crippen LogP contribution in [0.15, 0.2) is 16.5 Å². The lowest BCUT2D eigenvalue weighted by atomic mass is 10.4. The molecule has 9 heteroatoms. The first-order valence-corrected chi connectivity index (χ1v) is 6.59. The maximum Gasteiger partial charge on any atom is 0.371 e. The van der Waals surface area contributed by atoms with Crippen LogP contribution < -0.4 is 10.9 Å². The lowest BCUT2D eigenvalue weighted by Gasteiger charge is -2.04. The van der Waals surface area contributed by atoms with Crippen LogP contribution in [-0.2, 0) is 26.1 Å². The average Bonchev–Trinajstić information content (AvgIpc) is 2.74. The first-order valence-electron chi connectivity index (χ1n) is 5.11. The van der Waals surface area contributed by atoms with Crippen molar-refractivity contribution in [3.05, 3.63) is 23.7 Å². The summed E-state index contributed by atoms with van der Waals surface area (Å²) in [6.45, 7) is 1.22. The first-order chi connectivity index (χ1) is 8.88. The number of carbonyl (C=O) groups excluding carboxylic acids is 2. The summed E-state index contributed by atoms with van der Waals surface area (Å²) in [5, 5.41) is 8.63. The van der Waals surface area contributed by atoms with Crippen LogP contribution >= 0.6 is 0 Å². The van der Waals surface area contributed by atoms with Crippen LogP contribution in [0.2, 0.25) is 0 Å². The van der Waals surface area contributed by atoms with Gasteiger partial charge in [-0.15, -0.1) is 0 Å². The summed E-state index contributed by atoms with van der Waals surface area (Å²) >= 11 is 0. The topological polar surface area (TPSA) is 126 Å². The molecule has 1 atom stereocenters. The molecule has 1 heterocycles. The molecule has 19 heavy (non-hydrogen) atoms. The van der Waals surface area contributed by atoms with E-state index in [0.717, 1.165) is 0 Å². The van der Waals surface area contributed by atoms with Crippen molar-refractivity contribution in [1.29, 1.82) is 0 Å². The third-order valence-corrected chi connectivity index (χ3v) is 3.04. The predicted molar refractivity (Wildman–Crippen MR) is 64.3 cm³/mol. The van der Waals surface area contributed by atoms with Crippen molar-refractivity contribution >= 4 is 28.6 Å². The van der Waals surface area contributed by atoms with Crippen LogP contribution in [0.4, 0.5) is 0 Å². The van der Waals surface area contributed by atoms with Gasteiger partial charge in [-0.05, 0) is 12.1 Å². The van der Waals surface area contributed by atoms with Crippen molar-refractivity contribution in [3.8, 4) is 0 Å². The normalized spacial score (nSPS) is 11.6. The lowest BCUT2D eigenvalue weighted by molar-refractivity contribution is -0.126. The van der Waals surface area contributed by atoms with Crippen LogP contribution in [0, 0.1) is 0 Å². The Kier molecular flexibility index (Phi) is 5.24. The number of hydrazine groups is 1. The van der Waals surface area contributed by atoms with Gasteiger partial charge in [0.25, 0.3) is 5.91 Å². The van der Waals surface area contributed by atoms with Gasteiger partial charge < -0.3 is 9.52 Å². The molecule has 1 aromatic heterocycles. The quantitative estimate of drug-likeness (QED) is 0.621. The number of carboxylic acids is 1. The molecule has 0 saturated heterocycles. The minimum Gasteiger partial charge on any atom is -0.475 e. The molecule has 1 aromatic rings. The van der Waals surface area contributed by atoms with E-state index in [1.807, 2.05) is 0 Å². The highest BCUT2D eigenvalue weighted by Gasteiger charge is 2.13. The second-order valence-electron chi connectivity index (χ2n) is 3.53. The second kappa shape index (κ2) is 6.69. The van der Waals surface area contributed by atoms with Gasteiger partial charge in [-0.3, -0.25) is 24.6 Å². The first kappa shape index (κ1) is 14.9. The van der Waals surface area contributed by atoms with Crippen molar-refractivity contribution in [2.24, 2.45) is 0 Å². The number of aromatic carboxylic acids is 1. The van der Waals surface area contributed by atoms with Crippen LogP contribution in [-0.4, -0.2) is 32.9 Å². The highest BCUT2D eigenvalue weighted by Crippen LogP contribution is 2.10. The third-order valence-electron chi connectivity index (χ3n) is 1.85. The maximum atomic E-state index is 11.6. The Hall–Kier alpha value is -2.16. The predicted octanol–water partition coefficient (Wildman–Crippen LogP) is -0.606. The molecule has 0 fully saturated rings. The molecule has 1 rings (SSSR count). The van der Waals surface area contributed by atoms with Crippen molar-refractivity contribution in [3.63, 3.8) is 0 Å². The van der Waals surface area contributed by atoms with Gasteiger partial charge in [0.1, 0.15) is 11.5 Å². The largest absolute Gasteiger partial charge is 0.475 e. The summed E-state index contributed by atoms with van der Waals surface area (Å²) in [5.74, 6) is -2.74. The lowest BCUT2D eigenvalue weighted by Crippen LogP contribution is -2.42. The van der Waals surface area contributed by atoms with Crippen molar-refractivity contribution < 1.29 is 28.1 Å². The number of carboxylic acid groups (broad SMARTS) is 1. The van der Waals surface area contributed by atoms with Crippen LogP contribution in [0.25, 0.3) is 0 Å². The maximum absolute atomic E-state index is 11.6. The number of furan rings is 1. The van der Waals surface area contributed by atoms with Gasteiger partial charge in [-0.1, -0.05) is 0 Å². The minimum atomic E-state index is -1.57. The Morgan fingerprint density at radius 1 is 1.32 bits per heavy atom.